The second-order valence-corrected chi connectivity index (χ2v) is 8.97. The molecule has 1 aromatic carbocycles. The summed E-state index contributed by atoms with van der Waals surface area (Å²) < 4.78 is 5.95. The van der Waals surface area contributed by atoms with Gasteiger partial charge in [-0.3, -0.25) is 4.90 Å². The fraction of sp³-hybridized carbons (Fsp3) is 0.696. The van der Waals surface area contributed by atoms with Crippen molar-refractivity contribution in [3.8, 4) is 5.75 Å². The maximum absolute atomic E-state index is 6.56. The van der Waals surface area contributed by atoms with Crippen LogP contribution < -0.4 is 10.2 Å². The average Bonchev–Trinajstić information content (AvgIpc) is 3.19. The van der Waals surface area contributed by atoms with Crippen LogP contribution in [0.2, 0.25) is 5.02 Å². The summed E-state index contributed by atoms with van der Waals surface area (Å²) in [5.74, 6) is 1.48. The topological polar surface area (TPSA) is 36.9 Å². The van der Waals surface area contributed by atoms with Gasteiger partial charge in [-0.1, -0.05) is 63.1 Å². The van der Waals surface area contributed by atoms with Crippen LogP contribution in [-0.4, -0.2) is 36.3 Å². The molecule has 2 bridgehead atoms. The standard InChI is InChI=1S/C23H34ClN3O/c1-2-3-4-5-6-7-8-15-28-20-10-9-18(16-19(20)24)22-23-21(25-26-22)17-11-13-27(23)14-12-17/h9-10,16-17,22-23,26H,2-8,11-15H2,1H3. The Kier molecular flexibility index (Phi) is 6.79. The van der Waals surface area contributed by atoms with Crippen LogP contribution in [0.4, 0.5) is 0 Å². The molecule has 4 nitrogen and oxygen atoms in total. The Hall–Kier alpha value is -1.26. The normalized spacial score (nSPS) is 28.0. The Bertz CT molecular complexity index is 684. The van der Waals surface area contributed by atoms with Crippen LogP contribution in [0.25, 0.3) is 0 Å². The number of ether oxygens (including phenoxy) is 1. The summed E-state index contributed by atoms with van der Waals surface area (Å²) in [6.07, 6.45) is 11.6. The summed E-state index contributed by atoms with van der Waals surface area (Å²) in [5, 5.41) is 5.41. The lowest BCUT2D eigenvalue weighted by atomic mass is 9.78. The number of piperidine rings is 3. The minimum Gasteiger partial charge on any atom is -0.492 e. The number of rotatable bonds is 10. The van der Waals surface area contributed by atoms with Gasteiger partial charge >= 0.3 is 0 Å². The van der Waals surface area contributed by atoms with Gasteiger partial charge < -0.3 is 10.2 Å². The first kappa shape index (κ1) is 20.0. The minimum absolute atomic E-state index is 0.216. The van der Waals surface area contributed by atoms with E-state index < -0.39 is 0 Å². The van der Waals surface area contributed by atoms with Gasteiger partial charge in [0.05, 0.1) is 29.4 Å². The Morgan fingerprint density at radius 2 is 1.86 bits per heavy atom. The minimum atomic E-state index is 0.216. The molecule has 4 aliphatic rings. The molecule has 0 aliphatic carbocycles. The highest BCUT2D eigenvalue weighted by Crippen LogP contribution is 2.40. The first-order valence-corrected chi connectivity index (χ1v) is 11.6. The molecule has 0 saturated carbocycles. The summed E-state index contributed by atoms with van der Waals surface area (Å²) in [5.41, 5.74) is 5.96. The van der Waals surface area contributed by atoms with Gasteiger partial charge in [0.2, 0.25) is 0 Å². The number of benzene rings is 1. The fourth-order valence-corrected chi connectivity index (χ4v) is 5.22. The monoisotopic (exact) mass is 403 g/mol. The maximum atomic E-state index is 6.56. The van der Waals surface area contributed by atoms with E-state index in [0.717, 1.165) is 18.8 Å². The Morgan fingerprint density at radius 1 is 1.11 bits per heavy atom. The van der Waals surface area contributed by atoms with Crippen LogP contribution >= 0.6 is 11.6 Å². The predicted molar refractivity (Wildman–Crippen MR) is 116 cm³/mol. The largest absolute Gasteiger partial charge is 0.492 e. The van der Waals surface area contributed by atoms with Crippen LogP contribution in [0, 0.1) is 5.92 Å². The molecule has 28 heavy (non-hydrogen) atoms. The summed E-state index contributed by atoms with van der Waals surface area (Å²) in [6.45, 7) is 5.40. The van der Waals surface area contributed by atoms with E-state index in [1.54, 1.807) is 0 Å². The SMILES string of the molecule is CCCCCCCCCOc1ccc(C2NN=C3C4CCN(CC4)C32)cc1Cl. The molecule has 4 aliphatic heterocycles. The van der Waals surface area contributed by atoms with Crippen molar-refractivity contribution >= 4 is 17.3 Å². The molecule has 1 N–H and O–H groups in total. The van der Waals surface area contributed by atoms with E-state index in [9.17, 15) is 0 Å². The molecule has 3 saturated heterocycles. The summed E-state index contributed by atoms with van der Waals surface area (Å²) in [6, 6.07) is 6.89. The second kappa shape index (κ2) is 9.49. The number of fused-ring (bicyclic) bond motifs is 2. The van der Waals surface area contributed by atoms with Gasteiger partial charge in [-0.2, -0.15) is 5.10 Å². The third-order valence-corrected chi connectivity index (χ3v) is 6.91. The van der Waals surface area contributed by atoms with Crippen molar-refractivity contribution in [3.63, 3.8) is 0 Å². The second-order valence-electron chi connectivity index (χ2n) is 8.56. The summed E-state index contributed by atoms with van der Waals surface area (Å²) in [4.78, 5) is 2.59. The van der Waals surface area contributed by atoms with Gasteiger partial charge in [0.15, 0.2) is 0 Å². The molecular weight excluding hydrogens is 370 g/mol. The van der Waals surface area contributed by atoms with E-state index in [2.05, 4.69) is 29.4 Å². The smallest absolute Gasteiger partial charge is 0.137 e. The van der Waals surface area contributed by atoms with Gasteiger partial charge in [-0.15, -0.1) is 0 Å². The van der Waals surface area contributed by atoms with Crippen molar-refractivity contribution in [1.29, 1.82) is 0 Å². The highest BCUT2D eigenvalue weighted by Gasteiger charge is 2.46. The highest BCUT2D eigenvalue weighted by atomic mass is 35.5. The zero-order valence-electron chi connectivity index (χ0n) is 17.1. The lowest BCUT2D eigenvalue weighted by Crippen LogP contribution is -2.56. The third kappa shape index (κ3) is 4.33. The quantitative estimate of drug-likeness (QED) is 0.519. The van der Waals surface area contributed by atoms with Gasteiger partial charge in [0.25, 0.3) is 0 Å². The van der Waals surface area contributed by atoms with Crippen molar-refractivity contribution in [1.82, 2.24) is 10.3 Å². The van der Waals surface area contributed by atoms with Gasteiger partial charge in [-0.05, 0) is 50.0 Å². The van der Waals surface area contributed by atoms with Crippen LogP contribution in [0.15, 0.2) is 23.3 Å². The summed E-state index contributed by atoms with van der Waals surface area (Å²) >= 11 is 6.56. The Labute approximate surface area is 174 Å². The number of halogens is 1. The molecule has 0 radical (unpaired) electrons. The predicted octanol–water partition coefficient (Wildman–Crippen LogP) is 5.56. The van der Waals surface area contributed by atoms with E-state index in [4.69, 9.17) is 21.4 Å². The van der Waals surface area contributed by atoms with Crippen molar-refractivity contribution in [2.45, 2.75) is 76.8 Å². The Balaban J connectivity index is 1.27. The van der Waals surface area contributed by atoms with E-state index in [1.165, 1.54) is 75.7 Å². The molecule has 0 spiro atoms. The molecule has 0 aromatic heterocycles. The molecule has 4 heterocycles. The van der Waals surface area contributed by atoms with Crippen molar-refractivity contribution < 1.29 is 4.74 Å². The number of nitrogens with zero attached hydrogens (tertiary/aromatic N) is 2. The van der Waals surface area contributed by atoms with Crippen LogP contribution in [0.5, 0.6) is 5.75 Å². The maximum Gasteiger partial charge on any atom is 0.137 e. The van der Waals surface area contributed by atoms with E-state index >= 15 is 0 Å². The number of hydrogen-bond donors (Lipinski definition) is 1. The Morgan fingerprint density at radius 3 is 2.61 bits per heavy atom. The van der Waals surface area contributed by atoms with Crippen molar-refractivity contribution in [3.05, 3.63) is 28.8 Å². The molecule has 2 unspecified atom stereocenters. The van der Waals surface area contributed by atoms with E-state index in [1.807, 2.05) is 6.07 Å². The van der Waals surface area contributed by atoms with Crippen molar-refractivity contribution in [2.75, 3.05) is 19.7 Å². The number of hydrogen-bond acceptors (Lipinski definition) is 4. The van der Waals surface area contributed by atoms with Crippen LogP contribution in [-0.2, 0) is 0 Å². The van der Waals surface area contributed by atoms with Crippen LogP contribution in [0.1, 0.15) is 76.3 Å². The van der Waals surface area contributed by atoms with Crippen LogP contribution in [0.3, 0.4) is 0 Å². The van der Waals surface area contributed by atoms with Crippen molar-refractivity contribution in [2.24, 2.45) is 11.0 Å². The molecule has 0 amide bonds. The van der Waals surface area contributed by atoms with E-state index in [-0.39, 0.29) is 6.04 Å². The van der Waals surface area contributed by atoms with Gasteiger partial charge in [-0.25, -0.2) is 0 Å². The van der Waals surface area contributed by atoms with E-state index in [0.29, 0.717) is 17.0 Å². The zero-order chi connectivity index (χ0) is 19.3. The molecule has 5 heteroatoms. The fourth-order valence-electron chi connectivity index (χ4n) is 4.98. The first-order chi connectivity index (χ1) is 13.8. The molecular formula is C23H34ClN3O. The molecule has 154 valence electrons. The van der Waals surface area contributed by atoms with Gasteiger partial charge in [0, 0.05) is 5.92 Å². The molecule has 1 aromatic rings. The highest BCUT2D eigenvalue weighted by molar-refractivity contribution is 6.32. The lowest BCUT2D eigenvalue weighted by Gasteiger charge is -2.45. The number of unbranched alkanes of at least 4 members (excludes halogenated alkanes) is 6. The first-order valence-electron chi connectivity index (χ1n) is 11.3. The molecule has 3 fully saturated rings. The lowest BCUT2D eigenvalue weighted by molar-refractivity contribution is 0.133. The zero-order valence-corrected chi connectivity index (χ0v) is 17.9. The number of hydrazone groups is 1. The number of nitrogens with one attached hydrogen (secondary N) is 1. The molecule has 2 atom stereocenters. The molecule has 5 rings (SSSR count). The van der Waals surface area contributed by atoms with Gasteiger partial charge in [0.1, 0.15) is 5.75 Å². The average molecular weight is 404 g/mol. The summed E-state index contributed by atoms with van der Waals surface area (Å²) in [7, 11) is 0. The third-order valence-electron chi connectivity index (χ3n) is 6.61.